The third kappa shape index (κ3) is 6.53. The van der Waals surface area contributed by atoms with E-state index in [2.05, 4.69) is 0 Å². The van der Waals surface area contributed by atoms with E-state index in [4.69, 9.17) is 4.74 Å². The van der Waals surface area contributed by atoms with Crippen molar-refractivity contribution in [3.63, 3.8) is 0 Å². The Labute approximate surface area is 167 Å². The Morgan fingerprint density at radius 3 is 1.97 bits per heavy atom. The number of aliphatic hydroxyl groups is 1. The summed E-state index contributed by atoms with van der Waals surface area (Å²) in [5, 5.41) is 10.3. The first kappa shape index (κ1) is 21.8. The third-order valence-electron chi connectivity index (χ3n) is 3.88. The number of rotatable bonds is 8. The number of benzene rings is 2. The zero-order chi connectivity index (χ0) is 21.2. The topological polar surface area (TPSA) is 63.6 Å². The molecule has 0 amide bonds. The second kappa shape index (κ2) is 10.7. The van der Waals surface area contributed by atoms with Gasteiger partial charge in [0.2, 0.25) is 0 Å². The highest BCUT2D eigenvalue weighted by molar-refractivity contribution is 6.09. The number of allylic oxidation sites excluding steroid dienone is 2. The van der Waals surface area contributed by atoms with Gasteiger partial charge in [0.05, 0.1) is 18.6 Å². The van der Waals surface area contributed by atoms with Gasteiger partial charge in [-0.15, -0.1) is 0 Å². The largest absolute Gasteiger partial charge is 0.508 e. The molecule has 0 aliphatic heterocycles. The van der Waals surface area contributed by atoms with Crippen LogP contribution in [-0.4, -0.2) is 23.5 Å². The number of hydrogen-bond acceptors (Lipinski definition) is 4. The summed E-state index contributed by atoms with van der Waals surface area (Å²) in [5.41, 5.74) is 0.130. The molecule has 6 heteroatoms. The van der Waals surface area contributed by atoms with Crippen LogP contribution < -0.4 is 0 Å². The van der Waals surface area contributed by atoms with Crippen LogP contribution >= 0.6 is 0 Å². The lowest BCUT2D eigenvalue weighted by atomic mass is 10.0. The smallest absolute Gasteiger partial charge is 0.310 e. The van der Waals surface area contributed by atoms with E-state index >= 15 is 0 Å². The molecule has 0 fully saturated rings. The van der Waals surface area contributed by atoms with Crippen LogP contribution in [0.25, 0.3) is 12.2 Å². The number of halogens is 2. The van der Waals surface area contributed by atoms with Crippen LogP contribution in [0.2, 0.25) is 0 Å². The standard InChI is InChI=1S/C23H20F2O4/c1-2-29-23(28)15-18(21(26)13-11-16-7-3-5-9-19(16)24)22(27)14-12-17-8-4-6-10-20(17)25/h3-14,26H,2,15H2,1H3/b13-11+,14-12+,21-18-. The van der Waals surface area contributed by atoms with Crippen molar-refractivity contribution in [3.8, 4) is 0 Å². The van der Waals surface area contributed by atoms with Gasteiger partial charge in [0.25, 0.3) is 0 Å². The number of esters is 1. The van der Waals surface area contributed by atoms with Crippen molar-refractivity contribution in [3.05, 3.63) is 94.8 Å². The van der Waals surface area contributed by atoms with Crippen LogP contribution in [0.4, 0.5) is 8.78 Å². The maximum atomic E-state index is 13.7. The summed E-state index contributed by atoms with van der Waals surface area (Å²) in [6.07, 6.45) is 4.23. The monoisotopic (exact) mass is 398 g/mol. The zero-order valence-corrected chi connectivity index (χ0v) is 15.8. The molecule has 0 radical (unpaired) electrons. The molecule has 1 N–H and O–H groups in total. The molecule has 0 aromatic heterocycles. The van der Waals surface area contributed by atoms with E-state index in [1.165, 1.54) is 48.6 Å². The second-order valence-corrected chi connectivity index (χ2v) is 5.92. The van der Waals surface area contributed by atoms with E-state index in [1.54, 1.807) is 19.1 Å². The molecule has 0 unspecified atom stereocenters. The Morgan fingerprint density at radius 2 is 1.45 bits per heavy atom. The van der Waals surface area contributed by atoms with Crippen LogP contribution in [-0.2, 0) is 14.3 Å². The van der Waals surface area contributed by atoms with E-state index in [-0.39, 0.29) is 23.3 Å². The number of ether oxygens (including phenoxy) is 1. The quantitative estimate of drug-likeness (QED) is 0.293. The Balaban J connectivity index is 2.33. The summed E-state index contributed by atoms with van der Waals surface area (Å²) in [6.45, 7) is 1.72. The molecule has 4 nitrogen and oxygen atoms in total. The van der Waals surface area contributed by atoms with Gasteiger partial charge in [0.15, 0.2) is 5.78 Å². The molecule has 29 heavy (non-hydrogen) atoms. The van der Waals surface area contributed by atoms with Crippen molar-refractivity contribution in [2.75, 3.05) is 6.61 Å². The molecule has 0 aliphatic rings. The molecule has 0 aliphatic carbocycles. The molecule has 0 atom stereocenters. The maximum absolute atomic E-state index is 13.7. The number of ketones is 1. The molecular formula is C23H20F2O4. The van der Waals surface area contributed by atoms with E-state index in [0.717, 1.165) is 12.2 Å². The van der Waals surface area contributed by atoms with Crippen molar-refractivity contribution in [2.45, 2.75) is 13.3 Å². The number of hydrogen-bond donors (Lipinski definition) is 1. The summed E-state index contributed by atoms with van der Waals surface area (Å²) < 4.78 is 32.3. The van der Waals surface area contributed by atoms with Crippen molar-refractivity contribution in [2.24, 2.45) is 0 Å². The maximum Gasteiger partial charge on any atom is 0.310 e. The molecule has 2 aromatic carbocycles. The predicted octanol–water partition coefficient (Wildman–Crippen LogP) is 5.03. The SMILES string of the molecule is CCOC(=O)C/C(C(=O)/C=C/c1ccccc1F)=C(O)\C=C\c1ccccc1F. The van der Waals surface area contributed by atoms with Gasteiger partial charge in [-0.25, -0.2) is 8.78 Å². The molecule has 2 rings (SSSR count). The molecule has 0 spiro atoms. The Bertz CT molecular complexity index is 974. The Kier molecular flexibility index (Phi) is 8.03. The molecule has 0 saturated heterocycles. The second-order valence-electron chi connectivity index (χ2n) is 5.92. The molecule has 0 heterocycles. The highest BCUT2D eigenvalue weighted by Crippen LogP contribution is 2.16. The van der Waals surface area contributed by atoms with E-state index in [9.17, 15) is 23.5 Å². The molecule has 0 saturated carbocycles. The van der Waals surface area contributed by atoms with Gasteiger partial charge in [-0.1, -0.05) is 36.4 Å². The average Bonchev–Trinajstić information content (AvgIpc) is 2.70. The highest BCUT2D eigenvalue weighted by atomic mass is 19.1. The van der Waals surface area contributed by atoms with Gasteiger partial charge >= 0.3 is 5.97 Å². The minimum atomic E-state index is -0.707. The molecular weight excluding hydrogens is 378 g/mol. The fraction of sp³-hybridized carbons (Fsp3) is 0.130. The molecule has 2 aromatic rings. The number of aliphatic hydroxyl groups excluding tert-OH is 1. The van der Waals surface area contributed by atoms with E-state index in [0.29, 0.717) is 0 Å². The fourth-order valence-corrected chi connectivity index (χ4v) is 2.42. The highest BCUT2D eigenvalue weighted by Gasteiger charge is 2.17. The lowest BCUT2D eigenvalue weighted by molar-refractivity contribution is -0.142. The molecule has 150 valence electrons. The lowest BCUT2D eigenvalue weighted by Gasteiger charge is -2.06. The summed E-state index contributed by atoms with van der Waals surface area (Å²) >= 11 is 0. The van der Waals surface area contributed by atoms with Gasteiger partial charge in [0.1, 0.15) is 17.4 Å². The van der Waals surface area contributed by atoms with Gasteiger partial charge in [-0.05, 0) is 43.4 Å². The summed E-state index contributed by atoms with van der Waals surface area (Å²) in [4.78, 5) is 24.4. The minimum Gasteiger partial charge on any atom is -0.508 e. The van der Waals surface area contributed by atoms with Crippen LogP contribution in [0, 0.1) is 11.6 Å². The third-order valence-corrected chi connectivity index (χ3v) is 3.88. The number of carbonyl (C=O) groups is 2. The van der Waals surface area contributed by atoms with Crippen molar-refractivity contribution < 1.29 is 28.2 Å². The van der Waals surface area contributed by atoms with Crippen LogP contribution in [0.15, 0.2) is 72.0 Å². The van der Waals surface area contributed by atoms with Gasteiger partial charge in [-0.3, -0.25) is 9.59 Å². The Hall–Kier alpha value is -3.54. The van der Waals surface area contributed by atoms with Gasteiger partial charge in [0, 0.05) is 11.1 Å². The summed E-state index contributed by atoms with van der Waals surface area (Å²) in [7, 11) is 0. The van der Waals surface area contributed by atoms with Crippen molar-refractivity contribution >= 4 is 23.9 Å². The van der Waals surface area contributed by atoms with Crippen molar-refractivity contribution in [1.29, 1.82) is 0 Å². The number of carbonyl (C=O) groups excluding carboxylic acids is 2. The van der Waals surface area contributed by atoms with Crippen molar-refractivity contribution in [1.82, 2.24) is 0 Å². The molecule has 0 bridgehead atoms. The fourth-order valence-electron chi connectivity index (χ4n) is 2.42. The first-order valence-corrected chi connectivity index (χ1v) is 8.89. The Morgan fingerprint density at radius 1 is 0.931 bits per heavy atom. The predicted molar refractivity (Wildman–Crippen MR) is 107 cm³/mol. The first-order valence-electron chi connectivity index (χ1n) is 8.89. The van der Waals surface area contributed by atoms with E-state index < -0.39 is 35.6 Å². The summed E-state index contributed by atoms with van der Waals surface area (Å²) in [5.74, 6) is -2.94. The summed E-state index contributed by atoms with van der Waals surface area (Å²) in [6, 6.07) is 11.7. The minimum absolute atomic E-state index is 0.108. The van der Waals surface area contributed by atoms with Crippen LogP contribution in [0.1, 0.15) is 24.5 Å². The average molecular weight is 398 g/mol. The van der Waals surface area contributed by atoms with E-state index in [1.807, 2.05) is 0 Å². The van der Waals surface area contributed by atoms with Gasteiger partial charge < -0.3 is 9.84 Å². The van der Waals surface area contributed by atoms with Gasteiger partial charge in [-0.2, -0.15) is 0 Å². The van der Waals surface area contributed by atoms with Crippen LogP contribution in [0.5, 0.6) is 0 Å². The normalized spacial score (nSPS) is 12.2. The lowest BCUT2D eigenvalue weighted by Crippen LogP contribution is -2.11. The van der Waals surface area contributed by atoms with Crippen LogP contribution in [0.3, 0.4) is 0 Å². The first-order chi connectivity index (χ1) is 13.9. The zero-order valence-electron chi connectivity index (χ0n) is 15.8.